The zero-order valence-electron chi connectivity index (χ0n) is 13.0. The second kappa shape index (κ2) is 7.60. The zero-order valence-corrected chi connectivity index (χ0v) is 13.8. The topological polar surface area (TPSA) is 101 Å². The third kappa shape index (κ3) is 4.32. The average Bonchev–Trinajstić information content (AvgIpc) is 2.53. The summed E-state index contributed by atoms with van der Waals surface area (Å²) in [5, 5.41) is 16.4. The number of carbonyl (C=O) groups excluding carboxylic acids is 2. The zero-order chi connectivity index (χ0) is 17.7. The summed E-state index contributed by atoms with van der Waals surface area (Å²) in [6.07, 6.45) is 1.73. The number of rotatable bonds is 5. The molecule has 124 valence electrons. The van der Waals surface area contributed by atoms with Crippen LogP contribution < -0.4 is 10.6 Å². The third-order valence-electron chi connectivity index (χ3n) is 3.08. The van der Waals surface area contributed by atoms with Gasteiger partial charge in [-0.1, -0.05) is 6.07 Å². The number of hydrogen-bond acceptors (Lipinski definition) is 5. The average molecular weight is 345 g/mol. The van der Waals surface area contributed by atoms with Crippen molar-refractivity contribution in [3.63, 3.8) is 0 Å². The van der Waals surface area contributed by atoms with E-state index in [0.29, 0.717) is 16.3 Å². The standard InChI is InChI=1S/C16H15N3O4S/c1-10(20)17-12-4-3-5-13(9-12)18-16(21)11-6-7-15(24-2)14(8-11)19(22)23/h3-9H,1-2H3,(H,17,20)(H,18,21). The fraction of sp³-hybridized carbons (Fsp3) is 0.125. The van der Waals surface area contributed by atoms with E-state index >= 15 is 0 Å². The minimum atomic E-state index is -0.514. The highest BCUT2D eigenvalue weighted by molar-refractivity contribution is 7.98. The summed E-state index contributed by atoms with van der Waals surface area (Å²) in [5.41, 5.74) is 1.10. The summed E-state index contributed by atoms with van der Waals surface area (Å²) in [6.45, 7) is 1.39. The number of nitrogens with one attached hydrogen (secondary N) is 2. The van der Waals surface area contributed by atoms with Crippen LogP contribution in [-0.2, 0) is 4.79 Å². The summed E-state index contributed by atoms with van der Waals surface area (Å²) in [7, 11) is 0. The van der Waals surface area contributed by atoms with E-state index in [1.807, 2.05) is 0 Å². The van der Waals surface area contributed by atoms with E-state index in [9.17, 15) is 19.7 Å². The second-order valence-corrected chi connectivity index (χ2v) is 5.71. The van der Waals surface area contributed by atoms with Gasteiger partial charge in [0.15, 0.2) is 0 Å². The molecule has 7 nitrogen and oxygen atoms in total. The summed E-state index contributed by atoms with van der Waals surface area (Å²) in [4.78, 5) is 34.4. The molecule has 0 aromatic heterocycles. The maximum atomic E-state index is 12.3. The van der Waals surface area contributed by atoms with Gasteiger partial charge in [-0.3, -0.25) is 19.7 Å². The maximum Gasteiger partial charge on any atom is 0.283 e. The number of nitro groups is 1. The van der Waals surface area contributed by atoms with Crippen LogP contribution in [0.1, 0.15) is 17.3 Å². The van der Waals surface area contributed by atoms with Crippen LogP contribution in [0.3, 0.4) is 0 Å². The minimum Gasteiger partial charge on any atom is -0.326 e. The lowest BCUT2D eigenvalue weighted by atomic mass is 10.2. The first-order chi connectivity index (χ1) is 11.4. The van der Waals surface area contributed by atoms with Gasteiger partial charge >= 0.3 is 0 Å². The number of anilines is 2. The first kappa shape index (κ1) is 17.5. The normalized spacial score (nSPS) is 10.1. The predicted octanol–water partition coefficient (Wildman–Crippen LogP) is 3.53. The van der Waals surface area contributed by atoms with Crippen LogP contribution >= 0.6 is 11.8 Å². The van der Waals surface area contributed by atoms with E-state index in [1.165, 1.54) is 30.8 Å². The molecule has 2 rings (SSSR count). The highest BCUT2D eigenvalue weighted by Crippen LogP contribution is 2.28. The molecule has 2 aromatic rings. The highest BCUT2D eigenvalue weighted by atomic mass is 32.2. The number of amides is 2. The molecule has 0 fully saturated rings. The number of nitro benzene ring substituents is 1. The van der Waals surface area contributed by atoms with E-state index < -0.39 is 10.8 Å². The molecular formula is C16H15N3O4S. The molecule has 0 aliphatic rings. The Morgan fingerprint density at radius 1 is 1.08 bits per heavy atom. The van der Waals surface area contributed by atoms with Gasteiger partial charge in [-0.15, -0.1) is 11.8 Å². The molecular weight excluding hydrogens is 330 g/mol. The van der Waals surface area contributed by atoms with Gasteiger partial charge in [0, 0.05) is 29.9 Å². The molecule has 0 spiro atoms. The van der Waals surface area contributed by atoms with E-state index in [1.54, 1.807) is 36.6 Å². The second-order valence-electron chi connectivity index (χ2n) is 4.86. The maximum absolute atomic E-state index is 12.3. The molecule has 0 aliphatic carbocycles. The van der Waals surface area contributed by atoms with Gasteiger partial charge in [-0.25, -0.2) is 0 Å². The van der Waals surface area contributed by atoms with Crippen molar-refractivity contribution >= 4 is 40.6 Å². The van der Waals surface area contributed by atoms with E-state index in [-0.39, 0.29) is 17.2 Å². The van der Waals surface area contributed by atoms with Crippen LogP contribution in [0.2, 0.25) is 0 Å². The van der Waals surface area contributed by atoms with Crippen molar-refractivity contribution in [1.29, 1.82) is 0 Å². The van der Waals surface area contributed by atoms with Crippen LogP contribution in [0.5, 0.6) is 0 Å². The van der Waals surface area contributed by atoms with Crippen LogP contribution in [0.25, 0.3) is 0 Å². The van der Waals surface area contributed by atoms with Crippen molar-refractivity contribution in [2.24, 2.45) is 0 Å². The van der Waals surface area contributed by atoms with Crippen molar-refractivity contribution in [3.8, 4) is 0 Å². The van der Waals surface area contributed by atoms with Crippen LogP contribution in [0.4, 0.5) is 17.1 Å². The fourth-order valence-electron chi connectivity index (χ4n) is 2.06. The minimum absolute atomic E-state index is 0.109. The smallest absolute Gasteiger partial charge is 0.283 e. The lowest BCUT2D eigenvalue weighted by Crippen LogP contribution is -2.13. The molecule has 2 N–H and O–H groups in total. The molecule has 0 bridgehead atoms. The molecule has 2 amide bonds. The molecule has 0 atom stereocenters. The predicted molar refractivity (Wildman–Crippen MR) is 93.6 cm³/mol. The first-order valence-corrected chi connectivity index (χ1v) is 8.14. The fourth-order valence-corrected chi connectivity index (χ4v) is 2.60. The Bertz CT molecular complexity index is 808. The van der Waals surface area contributed by atoms with E-state index in [4.69, 9.17) is 0 Å². The molecule has 0 unspecified atom stereocenters. The van der Waals surface area contributed by atoms with Gasteiger partial charge in [0.05, 0.1) is 9.82 Å². The van der Waals surface area contributed by atoms with Gasteiger partial charge in [-0.2, -0.15) is 0 Å². The summed E-state index contributed by atoms with van der Waals surface area (Å²) in [5.74, 6) is -0.688. The van der Waals surface area contributed by atoms with Gasteiger partial charge in [0.25, 0.3) is 11.6 Å². The number of nitrogens with zero attached hydrogens (tertiary/aromatic N) is 1. The summed E-state index contributed by atoms with van der Waals surface area (Å²) < 4.78 is 0. The summed E-state index contributed by atoms with van der Waals surface area (Å²) in [6, 6.07) is 11.0. The van der Waals surface area contributed by atoms with Crippen molar-refractivity contribution in [2.75, 3.05) is 16.9 Å². The number of carbonyl (C=O) groups is 2. The Morgan fingerprint density at radius 2 is 1.75 bits per heavy atom. The van der Waals surface area contributed by atoms with Gasteiger partial charge in [0.2, 0.25) is 5.91 Å². The van der Waals surface area contributed by atoms with Crippen molar-refractivity contribution in [1.82, 2.24) is 0 Å². The van der Waals surface area contributed by atoms with E-state index in [2.05, 4.69) is 10.6 Å². The number of benzene rings is 2. The molecule has 0 aliphatic heterocycles. The lowest BCUT2D eigenvalue weighted by molar-refractivity contribution is -0.387. The molecule has 2 aromatic carbocycles. The van der Waals surface area contributed by atoms with Gasteiger partial charge < -0.3 is 10.6 Å². The van der Waals surface area contributed by atoms with Crippen LogP contribution in [-0.4, -0.2) is 23.0 Å². The van der Waals surface area contributed by atoms with Crippen molar-refractivity contribution in [3.05, 3.63) is 58.1 Å². The Kier molecular flexibility index (Phi) is 5.54. The SMILES string of the molecule is CSc1ccc(C(=O)Nc2cccc(NC(C)=O)c2)cc1[N+](=O)[O-]. The molecule has 0 radical (unpaired) electrons. The van der Waals surface area contributed by atoms with Gasteiger partial charge in [-0.05, 0) is 36.6 Å². The third-order valence-corrected chi connectivity index (χ3v) is 3.86. The largest absolute Gasteiger partial charge is 0.326 e. The molecule has 0 heterocycles. The van der Waals surface area contributed by atoms with Gasteiger partial charge in [0.1, 0.15) is 0 Å². The van der Waals surface area contributed by atoms with Crippen LogP contribution in [0.15, 0.2) is 47.4 Å². The monoisotopic (exact) mass is 345 g/mol. The molecule has 8 heteroatoms. The van der Waals surface area contributed by atoms with Crippen molar-refractivity contribution in [2.45, 2.75) is 11.8 Å². The first-order valence-electron chi connectivity index (χ1n) is 6.92. The Morgan fingerprint density at radius 3 is 2.33 bits per heavy atom. The lowest BCUT2D eigenvalue weighted by Gasteiger charge is -2.08. The molecule has 0 saturated heterocycles. The Labute approximate surface area is 142 Å². The van der Waals surface area contributed by atoms with Crippen LogP contribution in [0, 0.1) is 10.1 Å². The molecule has 0 saturated carbocycles. The highest BCUT2D eigenvalue weighted by Gasteiger charge is 2.17. The molecule has 24 heavy (non-hydrogen) atoms. The van der Waals surface area contributed by atoms with E-state index in [0.717, 1.165) is 0 Å². The quantitative estimate of drug-likeness (QED) is 0.490. The number of hydrogen-bond donors (Lipinski definition) is 2. The number of thioether (sulfide) groups is 1. The Hall–Kier alpha value is -2.87. The summed E-state index contributed by atoms with van der Waals surface area (Å²) >= 11 is 1.24. The Balaban J connectivity index is 2.22. The van der Waals surface area contributed by atoms with Crippen molar-refractivity contribution < 1.29 is 14.5 Å².